The van der Waals surface area contributed by atoms with E-state index in [0.29, 0.717) is 0 Å². The molecule has 2 aromatic heterocycles. The van der Waals surface area contributed by atoms with Crippen molar-refractivity contribution >= 4 is 6.09 Å². The van der Waals surface area contributed by atoms with Gasteiger partial charge in [0.2, 0.25) is 0 Å². The van der Waals surface area contributed by atoms with E-state index in [1.54, 1.807) is 0 Å². The number of pyridine rings is 1. The third kappa shape index (κ3) is 3.55. The van der Waals surface area contributed by atoms with Crippen molar-refractivity contribution < 1.29 is 9.53 Å². The van der Waals surface area contributed by atoms with E-state index < -0.39 is 5.60 Å². The smallest absolute Gasteiger partial charge is 0.410 e. The maximum Gasteiger partial charge on any atom is 0.410 e. The zero-order chi connectivity index (χ0) is 18.2. The van der Waals surface area contributed by atoms with Crippen LogP contribution in [-0.2, 0) is 4.74 Å². The summed E-state index contributed by atoms with van der Waals surface area (Å²) in [6.45, 7) is 10.6. The average Bonchev–Trinajstić information content (AvgIpc) is 3.13. The fourth-order valence-electron chi connectivity index (χ4n) is 3.49. The molecule has 2 aromatic rings. The van der Waals surface area contributed by atoms with Crippen molar-refractivity contribution in [1.82, 2.24) is 14.5 Å². The van der Waals surface area contributed by atoms with Gasteiger partial charge in [-0.2, -0.15) is 0 Å². The Morgan fingerprint density at radius 3 is 2.52 bits per heavy atom. The Bertz CT molecular complexity index is 754. The number of likely N-dealkylation sites (tertiary alicyclic amines) is 1. The summed E-state index contributed by atoms with van der Waals surface area (Å²) in [5.41, 5.74) is 2.86. The van der Waals surface area contributed by atoms with Crippen LogP contribution in [0.2, 0.25) is 0 Å². The molecule has 0 aliphatic carbocycles. The molecule has 1 aliphatic rings. The summed E-state index contributed by atoms with van der Waals surface area (Å²) in [6.07, 6.45) is 3.47. The quantitative estimate of drug-likeness (QED) is 0.804. The van der Waals surface area contributed by atoms with Gasteiger partial charge in [-0.3, -0.25) is 0 Å². The summed E-state index contributed by atoms with van der Waals surface area (Å²) >= 11 is 0. The lowest BCUT2D eigenvalue weighted by Gasteiger charge is -2.29. The number of aromatic nitrogens is 2. The number of ether oxygens (including phenoxy) is 1. The van der Waals surface area contributed by atoms with Crippen molar-refractivity contribution in [3.05, 3.63) is 47.4 Å². The molecular formula is C20H27N3O2. The first-order valence-electron chi connectivity index (χ1n) is 8.88. The van der Waals surface area contributed by atoms with E-state index in [1.807, 2.05) is 37.9 Å². The van der Waals surface area contributed by atoms with Crippen LogP contribution in [0.4, 0.5) is 4.79 Å². The third-order valence-electron chi connectivity index (χ3n) is 4.54. The van der Waals surface area contributed by atoms with E-state index >= 15 is 0 Å². The fourth-order valence-corrected chi connectivity index (χ4v) is 3.49. The normalized spacial score (nSPS) is 17.8. The van der Waals surface area contributed by atoms with Gasteiger partial charge in [0, 0.05) is 29.7 Å². The van der Waals surface area contributed by atoms with Crippen molar-refractivity contribution in [3.63, 3.8) is 0 Å². The Morgan fingerprint density at radius 2 is 1.88 bits per heavy atom. The molecule has 25 heavy (non-hydrogen) atoms. The molecule has 5 heteroatoms. The van der Waals surface area contributed by atoms with Crippen LogP contribution in [0.25, 0.3) is 5.82 Å². The van der Waals surface area contributed by atoms with Crippen molar-refractivity contribution in [2.75, 3.05) is 6.54 Å². The molecule has 0 spiro atoms. The lowest BCUT2D eigenvalue weighted by molar-refractivity contribution is 0.0224. The molecule has 3 rings (SSSR count). The molecule has 0 unspecified atom stereocenters. The van der Waals surface area contributed by atoms with Crippen LogP contribution >= 0.6 is 0 Å². The number of nitrogens with zero attached hydrogens (tertiary/aromatic N) is 3. The maximum atomic E-state index is 12.7. The Hall–Kier alpha value is -2.30. The number of carbonyl (C=O) groups is 1. The Balaban J connectivity index is 1.98. The molecule has 0 N–H and O–H groups in total. The summed E-state index contributed by atoms with van der Waals surface area (Å²) < 4.78 is 7.76. The predicted molar refractivity (Wildman–Crippen MR) is 98.0 cm³/mol. The minimum atomic E-state index is -0.490. The Morgan fingerprint density at radius 1 is 1.20 bits per heavy atom. The first kappa shape index (κ1) is 17.5. The number of amides is 1. The standard InChI is InChI=1S/C20H27N3O2/c1-14-10-11-15(2)23(14)18-16(8-6-12-21-18)17-9-7-13-22(17)19(24)25-20(3,4)5/h6,8,10-12,17H,7,9,13H2,1-5H3/t17-/m0/s1. The molecular weight excluding hydrogens is 314 g/mol. The molecule has 134 valence electrons. The molecule has 1 aliphatic heterocycles. The van der Waals surface area contributed by atoms with Crippen molar-refractivity contribution in [1.29, 1.82) is 0 Å². The van der Waals surface area contributed by atoms with Crippen molar-refractivity contribution in [2.24, 2.45) is 0 Å². The van der Waals surface area contributed by atoms with Crippen LogP contribution in [0.5, 0.6) is 0 Å². The first-order chi connectivity index (χ1) is 11.8. The van der Waals surface area contributed by atoms with Crippen LogP contribution < -0.4 is 0 Å². The molecule has 0 aromatic carbocycles. The van der Waals surface area contributed by atoms with E-state index in [0.717, 1.165) is 42.2 Å². The zero-order valence-corrected chi connectivity index (χ0v) is 15.7. The summed E-state index contributed by atoms with van der Waals surface area (Å²) in [5.74, 6) is 0.906. The molecule has 3 heterocycles. The van der Waals surface area contributed by atoms with Gasteiger partial charge in [-0.1, -0.05) is 6.07 Å². The molecule has 1 amide bonds. The number of rotatable bonds is 2. The second-order valence-electron chi connectivity index (χ2n) is 7.70. The zero-order valence-electron chi connectivity index (χ0n) is 15.7. The van der Waals surface area contributed by atoms with Crippen LogP contribution in [0.3, 0.4) is 0 Å². The van der Waals surface area contributed by atoms with Gasteiger partial charge in [0.1, 0.15) is 11.4 Å². The van der Waals surface area contributed by atoms with Crippen molar-refractivity contribution in [3.8, 4) is 5.82 Å². The van der Waals surface area contributed by atoms with Crippen LogP contribution in [-0.4, -0.2) is 32.7 Å². The first-order valence-corrected chi connectivity index (χ1v) is 8.88. The number of hydrogen-bond donors (Lipinski definition) is 0. The summed E-state index contributed by atoms with van der Waals surface area (Å²) in [5, 5.41) is 0. The van der Waals surface area contributed by atoms with Gasteiger partial charge in [-0.25, -0.2) is 9.78 Å². The number of carbonyl (C=O) groups excluding carboxylic acids is 1. The second kappa shape index (κ2) is 6.54. The highest BCUT2D eigenvalue weighted by Gasteiger charge is 2.35. The molecule has 1 atom stereocenters. The molecule has 0 bridgehead atoms. The Labute approximate surface area is 149 Å². The van der Waals surface area contributed by atoms with Gasteiger partial charge in [-0.05, 0) is 65.7 Å². The van der Waals surface area contributed by atoms with Crippen LogP contribution in [0.1, 0.15) is 56.6 Å². The fraction of sp³-hybridized carbons (Fsp3) is 0.500. The SMILES string of the molecule is Cc1ccc(C)n1-c1ncccc1[C@@H]1CCCN1C(=O)OC(C)(C)C. The van der Waals surface area contributed by atoms with E-state index in [9.17, 15) is 4.79 Å². The monoisotopic (exact) mass is 341 g/mol. The van der Waals surface area contributed by atoms with Gasteiger partial charge in [-0.15, -0.1) is 0 Å². The number of aryl methyl sites for hydroxylation is 2. The molecule has 0 saturated carbocycles. The average molecular weight is 341 g/mol. The molecule has 5 nitrogen and oxygen atoms in total. The van der Waals surface area contributed by atoms with Crippen molar-refractivity contribution in [2.45, 2.75) is 59.1 Å². The minimum absolute atomic E-state index is 0.000231. The molecule has 0 radical (unpaired) electrons. The highest BCUT2D eigenvalue weighted by molar-refractivity contribution is 5.69. The molecule has 1 fully saturated rings. The highest BCUT2D eigenvalue weighted by atomic mass is 16.6. The maximum absolute atomic E-state index is 12.7. The van der Waals surface area contributed by atoms with Gasteiger partial charge in [0.05, 0.1) is 6.04 Å². The van der Waals surface area contributed by atoms with Gasteiger partial charge < -0.3 is 14.2 Å². The van der Waals surface area contributed by atoms with Gasteiger partial charge in [0.15, 0.2) is 0 Å². The molecule has 1 saturated heterocycles. The predicted octanol–water partition coefficient (Wildman–Crippen LogP) is 4.56. The lowest BCUT2D eigenvalue weighted by atomic mass is 10.1. The minimum Gasteiger partial charge on any atom is -0.444 e. The number of hydrogen-bond acceptors (Lipinski definition) is 3. The van der Waals surface area contributed by atoms with E-state index in [4.69, 9.17) is 4.74 Å². The summed E-state index contributed by atoms with van der Waals surface area (Å²) in [6, 6.07) is 8.20. The van der Waals surface area contributed by atoms with Crippen LogP contribution in [0, 0.1) is 13.8 Å². The highest BCUT2D eigenvalue weighted by Crippen LogP contribution is 2.36. The summed E-state index contributed by atoms with van der Waals surface area (Å²) in [4.78, 5) is 19.1. The Kier molecular flexibility index (Phi) is 4.58. The summed E-state index contributed by atoms with van der Waals surface area (Å²) in [7, 11) is 0. The van der Waals surface area contributed by atoms with E-state index in [2.05, 4.69) is 41.6 Å². The lowest BCUT2D eigenvalue weighted by Crippen LogP contribution is -2.36. The third-order valence-corrected chi connectivity index (χ3v) is 4.54. The van der Waals surface area contributed by atoms with E-state index in [1.165, 1.54) is 0 Å². The van der Waals surface area contributed by atoms with Gasteiger partial charge in [0.25, 0.3) is 0 Å². The topological polar surface area (TPSA) is 47.4 Å². The van der Waals surface area contributed by atoms with Crippen LogP contribution in [0.15, 0.2) is 30.5 Å². The van der Waals surface area contributed by atoms with E-state index in [-0.39, 0.29) is 12.1 Å². The largest absolute Gasteiger partial charge is 0.444 e. The van der Waals surface area contributed by atoms with Gasteiger partial charge >= 0.3 is 6.09 Å². The second-order valence-corrected chi connectivity index (χ2v) is 7.70.